The van der Waals surface area contributed by atoms with Crippen LogP contribution in [0.15, 0.2) is 42.6 Å². The van der Waals surface area contributed by atoms with Crippen LogP contribution >= 0.6 is 0 Å². The van der Waals surface area contributed by atoms with Crippen LogP contribution in [-0.4, -0.2) is 22.0 Å². The summed E-state index contributed by atoms with van der Waals surface area (Å²) in [4.78, 5) is 26.8. The van der Waals surface area contributed by atoms with E-state index in [1.54, 1.807) is 18.2 Å². The van der Waals surface area contributed by atoms with Gasteiger partial charge in [0.1, 0.15) is 5.69 Å². The van der Waals surface area contributed by atoms with Crippen LogP contribution in [0.25, 0.3) is 0 Å². The number of rotatable bonds is 3. The molecule has 2 rings (SSSR count). The van der Waals surface area contributed by atoms with Crippen molar-refractivity contribution in [2.24, 2.45) is 0 Å². The summed E-state index contributed by atoms with van der Waals surface area (Å²) in [7, 11) is 0. The Kier molecular flexibility index (Phi) is 3.42. The molecule has 0 saturated heterocycles. The fourth-order valence-corrected chi connectivity index (χ4v) is 1.50. The quantitative estimate of drug-likeness (QED) is 0.774. The van der Waals surface area contributed by atoms with E-state index in [9.17, 15) is 9.59 Å². The summed E-state index contributed by atoms with van der Waals surface area (Å²) in [6.45, 7) is 0. The van der Waals surface area contributed by atoms with Crippen molar-refractivity contribution in [1.29, 1.82) is 0 Å². The zero-order valence-electron chi connectivity index (χ0n) is 9.83. The molecule has 1 heterocycles. The Bertz CT molecular complexity index is 623. The van der Waals surface area contributed by atoms with Gasteiger partial charge >= 0.3 is 5.97 Å². The molecule has 0 aliphatic carbocycles. The van der Waals surface area contributed by atoms with Crippen molar-refractivity contribution in [3.8, 4) is 0 Å². The highest BCUT2D eigenvalue weighted by Gasteiger charge is 2.13. The highest BCUT2D eigenvalue weighted by Crippen LogP contribution is 2.15. The minimum absolute atomic E-state index is 0.0197. The van der Waals surface area contributed by atoms with E-state index in [0.29, 0.717) is 5.69 Å². The lowest BCUT2D eigenvalue weighted by atomic mass is 10.1. The summed E-state index contributed by atoms with van der Waals surface area (Å²) < 4.78 is 0. The van der Waals surface area contributed by atoms with Crippen LogP contribution < -0.4 is 11.1 Å². The molecule has 2 aromatic rings. The fraction of sp³-hybridized carbons (Fsp3) is 0. The number of benzene rings is 1. The van der Waals surface area contributed by atoms with Crippen LogP contribution in [0.5, 0.6) is 0 Å². The highest BCUT2D eigenvalue weighted by molar-refractivity contribution is 6.06. The lowest BCUT2D eigenvalue weighted by Crippen LogP contribution is -2.16. The number of pyridine rings is 1. The first-order valence-corrected chi connectivity index (χ1v) is 5.43. The number of nitrogens with one attached hydrogen (secondary N) is 1. The van der Waals surface area contributed by atoms with Crippen molar-refractivity contribution in [3.05, 3.63) is 53.9 Å². The third-order valence-corrected chi connectivity index (χ3v) is 2.42. The molecule has 0 aliphatic heterocycles. The van der Waals surface area contributed by atoms with Crippen LogP contribution in [0.4, 0.5) is 11.4 Å². The van der Waals surface area contributed by atoms with Crippen molar-refractivity contribution in [2.75, 3.05) is 11.1 Å². The first-order valence-electron chi connectivity index (χ1n) is 5.43. The zero-order valence-corrected chi connectivity index (χ0v) is 9.83. The van der Waals surface area contributed by atoms with Crippen molar-refractivity contribution < 1.29 is 14.7 Å². The normalized spacial score (nSPS) is 9.89. The Morgan fingerprint density at radius 1 is 1.16 bits per heavy atom. The number of carboxylic acid groups (broad SMARTS) is 1. The summed E-state index contributed by atoms with van der Waals surface area (Å²) in [5, 5.41) is 11.5. The number of hydrogen-bond acceptors (Lipinski definition) is 4. The van der Waals surface area contributed by atoms with Crippen molar-refractivity contribution in [1.82, 2.24) is 4.98 Å². The van der Waals surface area contributed by atoms with Gasteiger partial charge in [0.25, 0.3) is 5.91 Å². The SMILES string of the molecule is Nc1ccc(C(=O)Nc2ccccc2C(=O)O)nc1. The molecular weight excluding hydrogens is 246 g/mol. The number of aromatic carboxylic acids is 1. The van der Waals surface area contributed by atoms with Gasteiger partial charge in [-0.3, -0.25) is 4.79 Å². The summed E-state index contributed by atoms with van der Waals surface area (Å²) in [6.07, 6.45) is 1.36. The summed E-state index contributed by atoms with van der Waals surface area (Å²) in [6, 6.07) is 9.16. The molecule has 6 heteroatoms. The van der Waals surface area contributed by atoms with E-state index in [1.807, 2.05) is 0 Å². The van der Waals surface area contributed by atoms with E-state index in [1.165, 1.54) is 24.4 Å². The number of carbonyl (C=O) groups excluding carboxylic acids is 1. The third-order valence-electron chi connectivity index (χ3n) is 2.42. The fourth-order valence-electron chi connectivity index (χ4n) is 1.50. The molecule has 0 aliphatic rings. The Morgan fingerprint density at radius 3 is 2.53 bits per heavy atom. The average molecular weight is 257 g/mol. The standard InChI is InChI=1S/C13H11N3O3/c14-8-5-6-11(15-7-8)12(17)16-10-4-2-1-3-9(10)13(18)19/h1-7H,14H2,(H,16,17)(H,18,19). The molecule has 1 amide bonds. The number of carbonyl (C=O) groups is 2. The van der Waals surface area contributed by atoms with E-state index >= 15 is 0 Å². The second-order valence-corrected chi connectivity index (χ2v) is 3.78. The monoisotopic (exact) mass is 257 g/mol. The number of hydrogen-bond donors (Lipinski definition) is 3. The van der Waals surface area contributed by atoms with E-state index in [2.05, 4.69) is 10.3 Å². The highest BCUT2D eigenvalue weighted by atomic mass is 16.4. The Balaban J connectivity index is 2.24. The molecule has 0 saturated carbocycles. The maximum atomic E-state index is 11.9. The molecular formula is C13H11N3O3. The lowest BCUT2D eigenvalue weighted by molar-refractivity contribution is 0.0698. The minimum atomic E-state index is -1.11. The maximum Gasteiger partial charge on any atom is 0.337 e. The van der Waals surface area contributed by atoms with Crippen LogP contribution in [0, 0.1) is 0 Å². The number of nitrogens with zero attached hydrogens (tertiary/aromatic N) is 1. The molecule has 0 unspecified atom stereocenters. The van der Waals surface area contributed by atoms with Crippen molar-refractivity contribution in [3.63, 3.8) is 0 Å². The number of amides is 1. The zero-order chi connectivity index (χ0) is 13.8. The molecule has 0 fully saturated rings. The van der Waals surface area contributed by atoms with E-state index in [-0.39, 0.29) is 16.9 Å². The molecule has 1 aromatic heterocycles. The molecule has 1 aromatic carbocycles. The first-order chi connectivity index (χ1) is 9.08. The van der Waals surface area contributed by atoms with Gasteiger partial charge in [0.05, 0.1) is 23.1 Å². The molecule has 0 atom stereocenters. The predicted molar refractivity (Wildman–Crippen MR) is 70.0 cm³/mol. The molecule has 0 radical (unpaired) electrons. The Hall–Kier alpha value is -2.89. The summed E-state index contributed by atoms with van der Waals surface area (Å²) in [5.74, 6) is -1.60. The van der Waals surface area contributed by atoms with Gasteiger partial charge < -0.3 is 16.2 Å². The number of anilines is 2. The van der Waals surface area contributed by atoms with Crippen molar-refractivity contribution >= 4 is 23.3 Å². The van der Waals surface area contributed by atoms with Crippen LogP contribution in [0.2, 0.25) is 0 Å². The topological polar surface area (TPSA) is 105 Å². The van der Waals surface area contributed by atoms with Gasteiger partial charge in [-0.2, -0.15) is 0 Å². The van der Waals surface area contributed by atoms with E-state index < -0.39 is 11.9 Å². The second-order valence-electron chi connectivity index (χ2n) is 3.78. The smallest absolute Gasteiger partial charge is 0.337 e. The second kappa shape index (κ2) is 5.18. The summed E-state index contributed by atoms with van der Waals surface area (Å²) in [5.41, 5.74) is 6.32. The molecule has 0 spiro atoms. The average Bonchev–Trinajstić information content (AvgIpc) is 2.39. The largest absolute Gasteiger partial charge is 0.478 e. The molecule has 0 bridgehead atoms. The molecule has 19 heavy (non-hydrogen) atoms. The van der Waals surface area contributed by atoms with Crippen LogP contribution in [-0.2, 0) is 0 Å². The van der Waals surface area contributed by atoms with Crippen molar-refractivity contribution in [2.45, 2.75) is 0 Å². The lowest BCUT2D eigenvalue weighted by Gasteiger charge is -2.07. The van der Waals surface area contributed by atoms with Gasteiger partial charge in [-0.15, -0.1) is 0 Å². The first kappa shape index (κ1) is 12.6. The van der Waals surface area contributed by atoms with Gasteiger partial charge in [0.15, 0.2) is 0 Å². The Labute approximate surface area is 108 Å². The number of aromatic nitrogens is 1. The van der Waals surface area contributed by atoms with Gasteiger partial charge in [0.2, 0.25) is 0 Å². The van der Waals surface area contributed by atoms with E-state index in [4.69, 9.17) is 10.8 Å². The van der Waals surface area contributed by atoms with Gasteiger partial charge in [-0.25, -0.2) is 9.78 Å². The number of nitrogens with two attached hydrogens (primary N) is 1. The molecule has 6 nitrogen and oxygen atoms in total. The van der Waals surface area contributed by atoms with E-state index in [0.717, 1.165) is 0 Å². The third kappa shape index (κ3) is 2.86. The van der Waals surface area contributed by atoms with Gasteiger partial charge in [-0.1, -0.05) is 12.1 Å². The number of nitrogen functional groups attached to an aromatic ring is 1. The van der Waals surface area contributed by atoms with Gasteiger partial charge in [0, 0.05) is 0 Å². The maximum absolute atomic E-state index is 11.9. The van der Waals surface area contributed by atoms with Gasteiger partial charge in [-0.05, 0) is 24.3 Å². The predicted octanol–water partition coefficient (Wildman–Crippen LogP) is 1.61. The molecule has 4 N–H and O–H groups in total. The molecule has 96 valence electrons. The number of para-hydroxylation sites is 1. The van der Waals surface area contributed by atoms with Crippen LogP contribution in [0.1, 0.15) is 20.8 Å². The Morgan fingerprint density at radius 2 is 1.89 bits per heavy atom. The van der Waals surface area contributed by atoms with Crippen LogP contribution in [0.3, 0.4) is 0 Å². The summed E-state index contributed by atoms with van der Waals surface area (Å²) >= 11 is 0. The number of carboxylic acids is 1. The minimum Gasteiger partial charge on any atom is -0.478 e.